The van der Waals surface area contributed by atoms with Gasteiger partial charge in [0.1, 0.15) is 17.8 Å². The third-order valence-corrected chi connectivity index (χ3v) is 7.68. The molecule has 6 nitrogen and oxygen atoms in total. The molecule has 1 aromatic rings. The molecule has 5 rings (SSSR count). The van der Waals surface area contributed by atoms with Crippen LogP contribution in [0.25, 0.3) is 0 Å². The number of amides is 2. The highest BCUT2D eigenvalue weighted by Crippen LogP contribution is 2.56. The highest BCUT2D eigenvalue weighted by molar-refractivity contribution is 6.31. The summed E-state index contributed by atoms with van der Waals surface area (Å²) in [6.45, 7) is 6.52. The SMILES string of the molecule is C=C(CC)[C@H]1N2CC(=O)NN=C2C[C@@H](C2C=CC=C(Cl)C2)[C@]12C(=O)Nc1cc(Cl)ccc12. The Morgan fingerprint density at radius 1 is 1.31 bits per heavy atom. The summed E-state index contributed by atoms with van der Waals surface area (Å²) in [6, 6.07) is 5.13. The van der Waals surface area contributed by atoms with Gasteiger partial charge in [0.2, 0.25) is 5.91 Å². The zero-order valence-electron chi connectivity index (χ0n) is 17.7. The Hall–Kier alpha value is -2.57. The fraction of sp³-hybridized carbons (Fsp3) is 0.375. The molecule has 4 atom stereocenters. The number of anilines is 1. The molecular weight excluding hydrogens is 447 g/mol. The third-order valence-electron chi connectivity index (χ3n) is 7.16. The summed E-state index contributed by atoms with van der Waals surface area (Å²) in [5, 5.41) is 8.80. The zero-order chi connectivity index (χ0) is 22.6. The predicted molar refractivity (Wildman–Crippen MR) is 127 cm³/mol. The molecule has 8 heteroatoms. The first-order valence-corrected chi connectivity index (χ1v) is 11.6. The van der Waals surface area contributed by atoms with E-state index in [2.05, 4.69) is 28.5 Å². The highest BCUT2D eigenvalue weighted by Gasteiger charge is 2.64. The molecule has 1 saturated heterocycles. The van der Waals surface area contributed by atoms with E-state index in [1.165, 1.54) is 0 Å². The molecule has 166 valence electrons. The number of hydrogen-bond donors (Lipinski definition) is 2. The van der Waals surface area contributed by atoms with Gasteiger partial charge in [-0.2, -0.15) is 5.10 Å². The van der Waals surface area contributed by atoms with E-state index in [0.29, 0.717) is 30.0 Å². The lowest BCUT2D eigenvalue weighted by atomic mass is 9.56. The van der Waals surface area contributed by atoms with Crippen molar-refractivity contribution < 1.29 is 9.59 Å². The summed E-state index contributed by atoms with van der Waals surface area (Å²) in [4.78, 5) is 28.3. The summed E-state index contributed by atoms with van der Waals surface area (Å²) in [5.41, 5.74) is 4.15. The molecule has 1 fully saturated rings. The molecule has 1 spiro atoms. The second kappa shape index (κ2) is 7.78. The molecule has 4 aliphatic rings. The number of nitrogens with zero attached hydrogens (tertiary/aromatic N) is 2. The van der Waals surface area contributed by atoms with Gasteiger partial charge in [-0.05, 0) is 48.4 Å². The Morgan fingerprint density at radius 2 is 2.12 bits per heavy atom. The molecule has 3 heterocycles. The van der Waals surface area contributed by atoms with E-state index in [1.807, 2.05) is 36.1 Å². The van der Waals surface area contributed by atoms with Crippen molar-refractivity contribution >= 4 is 46.5 Å². The Morgan fingerprint density at radius 3 is 2.88 bits per heavy atom. The number of benzene rings is 1. The fourth-order valence-corrected chi connectivity index (χ4v) is 6.24. The minimum Gasteiger partial charge on any atom is -0.341 e. The topological polar surface area (TPSA) is 73.8 Å². The average Bonchev–Trinajstić information content (AvgIpc) is 3.04. The van der Waals surface area contributed by atoms with E-state index in [0.717, 1.165) is 22.0 Å². The van der Waals surface area contributed by atoms with E-state index in [1.54, 1.807) is 6.07 Å². The van der Waals surface area contributed by atoms with Crippen LogP contribution < -0.4 is 10.7 Å². The number of rotatable bonds is 3. The fourth-order valence-electron chi connectivity index (χ4n) is 5.82. The zero-order valence-corrected chi connectivity index (χ0v) is 19.2. The number of hydrazone groups is 1. The van der Waals surface area contributed by atoms with Crippen molar-refractivity contribution in [3.63, 3.8) is 0 Å². The first kappa shape index (κ1) is 21.3. The maximum absolute atomic E-state index is 14.0. The molecule has 32 heavy (non-hydrogen) atoms. The van der Waals surface area contributed by atoms with Crippen molar-refractivity contribution in [1.82, 2.24) is 10.3 Å². The number of carbonyl (C=O) groups excluding carboxylic acids is 2. The van der Waals surface area contributed by atoms with Gasteiger partial charge in [0, 0.05) is 22.2 Å². The number of halogens is 2. The van der Waals surface area contributed by atoms with Gasteiger partial charge < -0.3 is 10.2 Å². The second-order valence-electron chi connectivity index (χ2n) is 8.80. The van der Waals surface area contributed by atoms with Crippen molar-refractivity contribution in [3.8, 4) is 0 Å². The largest absolute Gasteiger partial charge is 0.341 e. The molecule has 3 aliphatic heterocycles. The molecule has 1 unspecified atom stereocenters. The number of nitrogens with one attached hydrogen (secondary N) is 2. The lowest BCUT2D eigenvalue weighted by Gasteiger charge is -2.55. The lowest BCUT2D eigenvalue weighted by Crippen LogP contribution is -2.68. The van der Waals surface area contributed by atoms with E-state index >= 15 is 0 Å². The van der Waals surface area contributed by atoms with Crippen molar-refractivity contribution in [2.24, 2.45) is 16.9 Å². The maximum Gasteiger partial charge on any atom is 0.259 e. The van der Waals surface area contributed by atoms with E-state index in [-0.39, 0.29) is 30.2 Å². The molecule has 2 N–H and O–H groups in total. The Kier molecular flexibility index (Phi) is 5.18. The van der Waals surface area contributed by atoms with Crippen LogP contribution in [0.2, 0.25) is 5.02 Å². The lowest BCUT2D eigenvalue weighted by molar-refractivity contribution is -0.129. The summed E-state index contributed by atoms with van der Waals surface area (Å²) in [7, 11) is 0. The Balaban J connectivity index is 1.77. The van der Waals surface area contributed by atoms with Crippen LogP contribution in [0.3, 0.4) is 0 Å². The van der Waals surface area contributed by atoms with Gasteiger partial charge in [-0.3, -0.25) is 9.59 Å². The minimum absolute atomic E-state index is 0.0227. The molecule has 0 aromatic heterocycles. The van der Waals surface area contributed by atoms with Gasteiger partial charge in [-0.25, -0.2) is 5.43 Å². The van der Waals surface area contributed by atoms with Crippen LogP contribution in [-0.2, 0) is 15.0 Å². The van der Waals surface area contributed by atoms with Gasteiger partial charge in [-0.1, -0.05) is 60.5 Å². The molecule has 0 saturated carbocycles. The standard InChI is InChI=1S/C24H24Cl2N4O2/c1-3-13(2)22-24(17-8-7-16(26)10-19(17)27-23(24)32)18(14-5-4-6-15(25)9-14)11-20-28-29-21(31)12-30(20)22/h4-8,10,14,18,22H,2-3,9,11-12H2,1H3,(H,27,32)(H,29,31)/t14?,18-,22+,24-/m0/s1. The van der Waals surface area contributed by atoms with Crippen LogP contribution in [-0.4, -0.2) is 35.1 Å². The van der Waals surface area contributed by atoms with Crippen LogP contribution in [0.5, 0.6) is 0 Å². The number of fused-ring (bicyclic) bond motifs is 3. The van der Waals surface area contributed by atoms with Gasteiger partial charge >= 0.3 is 0 Å². The number of carbonyl (C=O) groups is 2. The van der Waals surface area contributed by atoms with Crippen LogP contribution in [0.1, 0.15) is 31.7 Å². The maximum atomic E-state index is 14.0. The number of amidine groups is 1. The van der Waals surface area contributed by atoms with E-state index < -0.39 is 11.5 Å². The Labute approximate surface area is 197 Å². The van der Waals surface area contributed by atoms with Crippen LogP contribution >= 0.6 is 23.2 Å². The predicted octanol–water partition coefficient (Wildman–Crippen LogP) is 4.33. The minimum atomic E-state index is -0.951. The van der Waals surface area contributed by atoms with Gasteiger partial charge in [0.25, 0.3) is 5.91 Å². The molecule has 2 amide bonds. The van der Waals surface area contributed by atoms with Crippen molar-refractivity contribution in [3.05, 3.63) is 64.2 Å². The Bertz CT molecular complexity index is 1120. The molecule has 0 radical (unpaired) electrons. The van der Waals surface area contributed by atoms with Crippen molar-refractivity contribution in [2.75, 3.05) is 11.9 Å². The molecule has 0 bridgehead atoms. The van der Waals surface area contributed by atoms with Gasteiger partial charge in [0.05, 0.1) is 6.04 Å². The normalized spacial score (nSPS) is 30.8. The molecule has 1 aromatic carbocycles. The first-order chi connectivity index (χ1) is 15.4. The van der Waals surface area contributed by atoms with Gasteiger partial charge in [0.15, 0.2) is 0 Å². The van der Waals surface area contributed by atoms with Gasteiger partial charge in [-0.15, -0.1) is 0 Å². The highest BCUT2D eigenvalue weighted by atomic mass is 35.5. The van der Waals surface area contributed by atoms with Crippen molar-refractivity contribution in [2.45, 2.75) is 37.6 Å². The smallest absolute Gasteiger partial charge is 0.259 e. The number of piperidine rings is 1. The monoisotopic (exact) mass is 470 g/mol. The summed E-state index contributed by atoms with van der Waals surface area (Å²) in [5.74, 6) is 0.364. The average molecular weight is 471 g/mol. The number of allylic oxidation sites excluding steroid dienone is 4. The first-order valence-electron chi connectivity index (χ1n) is 10.8. The quantitative estimate of drug-likeness (QED) is 0.645. The van der Waals surface area contributed by atoms with Crippen LogP contribution in [0, 0.1) is 11.8 Å². The third kappa shape index (κ3) is 3.04. The second-order valence-corrected chi connectivity index (χ2v) is 9.72. The molecular formula is C24H24Cl2N4O2. The van der Waals surface area contributed by atoms with Crippen molar-refractivity contribution in [1.29, 1.82) is 0 Å². The van der Waals surface area contributed by atoms with E-state index in [9.17, 15) is 9.59 Å². The van der Waals surface area contributed by atoms with E-state index in [4.69, 9.17) is 23.2 Å². The summed E-state index contributed by atoms with van der Waals surface area (Å²) >= 11 is 12.7. The van der Waals surface area contributed by atoms with Crippen LogP contribution in [0.4, 0.5) is 5.69 Å². The summed E-state index contributed by atoms with van der Waals surface area (Å²) in [6.07, 6.45) is 7.82. The summed E-state index contributed by atoms with van der Waals surface area (Å²) < 4.78 is 0. The van der Waals surface area contributed by atoms with Crippen LogP contribution in [0.15, 0.2) is 58.7 Å². The number of hydrogen-bond acceptors (Lipinski definition) is 4. The molecule has 1 aliphatic carbocycles.